The van der Waals surface area contributed by atoms with Crippen LogP contribution in [0.15, 0.2) is 28.0 Å². The van der Waals surface area contributed by atoms with Crippen molar-refractivity contribution in [2.24, 2.45) is 11.8 Å². The zero-order valence-corrected chi connectivity index (χ0v) is 17.2. The number of anilines is 1. The van der Waals surface area contributed by atoms with Gasteiger partial charge in [-0.3, -0.25) is 14.7 Å². The Hall–Kier alpha value is -2.49. The van der Waals surface area contributed by atoms with E-state index in [9.17, 15) is 9.59 Å². The van der Waals surface area contributed by atoms with Crippen LogP contribution in [0.3, 0.4) is 0 Å². The number of carbonyl (C=O) groups is 2. The Kier molecular flexibility index (Phi) is 6.61. The van der Waals surface area contributed by atoms with Crippen molar-refractivity contribution in [3.8, 4) is 0 Å². The van der Waals surface area contributed by atoms with Crippen LogP contribution in [0.2, 0.25) is 0 Å². The molecular weight excluding hydrogens is 380 g/mol. The second-order valence-electron chi connectivity index (χ2n) is 7.22. The summed E-state index contributed by atoms with van der Waals surface area (Å²) in [6.07, 6.45) is 2.83. The van der Waals surface area contributed by atoms with Crippen molar-refractivity contribution in [2.45, 2.75) is 32.0 Å². The number of rotatable bonds is 6. The van der Waals surface area contributed by atoms with Gasteiger partial charge in [-0.05, 0) is 30.4 Å². The third-order valence-electron chi connectivity index (χ3n) is 4.56. The molecule has 3 amide bonds. The smallest absolute Gasteiger partial charge is 0.321 e. The first-order valence-electron chi connectivity index (χ1n) is 9.31. The van der Waals surface area contributed by atoms with Gasteiger partial charge in [-0.1, -0.05) is 25.6 Å². The lowest BCUT2D eigenvalue weighted by Crippen LogP contribution is -2.40. The van der Waals surface area contributed by atoms with E-state index in [1.165, 1.54) is 25.2 Å². The van der Waals surface area contributed by atoms with Crippen molar-refractivity contribution < 1.29 is 14.0 Å². The number of aromatic nitrogens is 3. The van der Waals surface area contributed by atoms with Gasteiger partial charge in [0, 0.05) is 20.1 Å². The maximum Gasteiger partial charge on any atom is 0.321 e. The van der Waals surface area contributed by atoms with E-state index in [4.69, 9.17) is 4.42 Å². The van der Waals surface area contributed by atoms with Crippen LogP contribution in [0.5, 0.6) is 0 Å². The Morgan fingerprint density at radius 2 is 2.04 bits per heavy atom. The number of thioether (sulfide) groups is 1. The van der Waals surface area contributed by atoms with E-state index in [2.05, 4.69) is 39.6 Å². The van der Waals surface area contributed by atoms with Crippen molar-refractivity contribution in [3.05, 3.63) is 24.2 Å². The molecule has 10 heteroatoms. The Balaban J connectivity index is 1.78. The number of furan rings is 1. The summed E-state index contributed by atoms with van der Waals surface area (Å²) >= 11 is 1.24. The molecule has 2 atom stereocenters. The Bertz CT molecular complexity index is 796. The van der Waals surface area contributed by atoms with Gasteiger partial charge in [0.1, 0.15) is 5.76 Å². The molecule has 0 saturated carbocycles. The third-order valence-corrected chi connectivity index (χ3v) is 5.52. The summed E-state index contributed by atoms with van der Waals surface area (Å²) in [5, 5.41) is 13.9. The fraction of sp³-hybridized carbons (Fsp3) is 0.556. The largest absolute Gasteiger partial charge is 0.467 e. The molecule has 0 unspecified atom stereocenters. The van der Waals surface area contributed by atoms with Gasteiger partial charge in [0.15, 0.2) is 5.16 Å². The molecule has 0 spiro atoms. The average molecular weight is 407 g/mol. The molecule has 1 fully saturated rings. The zero-order valence-electron chi connectivity index (χ0n) is 16.3. The molecule has 28 heavy (non-hydrogen) atoms. The van der Waals surface area contributed by atoms with Gasteiger partial charge in [0.05, 0.1) is 18.6 Å². The first-order valence-corrected chi connectivity index (χ1v) is 10.3. The average Bonchev–Trinajstić information content (AvgIpc) is 3.29. The summed E-state index contributed by atoms with van der Waals surface area (Å²) < 4.78 is 7.48. The molecule has 1 saturated heterocycles. The summed E-state index contributed by atoms with van der Waals surface area (Å²) in [6.45, 7) is 6.81. The molecule has 2 aromatic rings. The molecule has 1 aliphatic heterocycles. The lowest BCUT2D eigenvalue weighted by atomic mass is 9.92. The lowest BCUT2D eigenvalue weighted by molar-refractivity contribution is -0.117. The molecule has 1 aliphatic rings. The van der Waals surface area contributed by atoms with Gasteiger partial charge in [-0.15, -0.1) is 10.2 Å². The topological polar surface area (TPSA) is 105 Å². The van der Waals surface area contributed by atoms with Gasteiger partial charge in [-0.2, -0.15) is 0 Å². The highest BCUT2D eigenvalue weighted by Gasteiger charge is 2.27. The molecule has 3 rings (SSSR count). The Morgan fingerprint density at radius 3 is 2.68 bits per heavy atom. The Labute approximate surface area is 168 Å². The standard InChI is InChI=1S/C18H26N6O3S/c1-12-7-13(2)9-23(8-12)17-21-22-18(24(17)10-14-5-4-6-27-14)28-11-15(25)20-16(26)19-3/h4-6,12-13H,7-11H2,1-3H3,(H2,19,20,25,26)/t12-,13-/m0/s1. The highest BCUT2D eigenvalue weighted by atomic mass is 32.2. The quantitative estimate of drug-likeness (QED) is 0.706. The van der Waals surface area contributed by atoms with E-state index in [0.717, 1.165) is 24.8 Å². The van der Waals surface area contributed by atoms with Gasteiger partial charge in [0.2, 0.25) is 11.9 Å². The van der Waals surface area contributed by atoms with Gasteiger partial charge in [0.25, 0.3) is 0 Å². The predicted octanol–water partition coefficient (Wildman–Crippen LogP) is 1.95. The minimum absolute atomic E-state index is 0.0660. The normalized spacial score (nSPS) is 19.5. The number of urea groups is 1. The van der Waals surface area contributed by atoms with Crippen molar-refractivity contribution >= 4 is 29.6 Å². The second-order valence-corrected chi connectivity index (χ2v) is 8.16. The molecule has 0 aromatic carbocycles. The number of amides is 3. The first kappa shape index (κ1) is 20.2. The zero-order chi connectivity index (χ0) is 20.1. The van der Waals surface area contributed by atoms with E-state index in [-0.39, 0.29) is 5.75 Å². The van der Waals surface area contributed by atoms with Crippen LogP contribution in [-0.2, 0) is 11.3 Å². The minimum Gasteiger partial charge on any atom is -0.467 e. The Morgan fingerprint density at radius 1 is 1.29 bits per heavy atom. The van der Waals surface area contributed by atoms with Gasteiger partial charge >= 0.3 is 6.03 Å². The molecule has 9 nitrogen and oxygen atoms in total. The first-order chi connectivity index (χ1) is 13.5. The summed E-state index contributed by atoms with van der Waals surface area (Å²) in [5.41, 5.74) is 0. The number of carbonyl (C=O) groups excluding carboxylic acids is 2. The van der Waals surface area contributed by atoms with Crippen LogP contribution < -0.4 is 15.5 Å². The summed E-state index contributed by atoms with van der Waals surface area (Å²) in [6, 6.07) is 3.21. The number of piperidine rings is 1. The summed E-state index contributed by atoms with van der Waals surface area (Å²) in [7, 11) is 1.46. The summed E-state index contributed by atoms with van der Waals surface area (Å²) in [5.74, 6) is 2.40. The van der Waals surface area contributed by atoms with Gasteiger partial charge < -0.3 is 14.6 Å². The molecule has 0 radical (unpaired) electrons. The number of nitrogens with zero attached hydrogens (tertiary/aromatic N) is 4. The number of imide groups is 1. The second kappa shape index (κ2) is 9.13. The fourth-order valence-corrected chi connectivity index (χ4v) is 4.23. The molecule has 2 N–H and O–H groups in total. The van der Waals surface area contributed by atoms with Crippen LogP contribution in [-0.4, -0.2) is 52.6 Å². The van der Waals surface area contributed by atoms with E-state index in [1.807, 2.05) is 16.7 Å². The van der Waals surface area contributed by atoms with Crippen molar-refractivity contribution in [3.63, 3.8) is 0 Å². The number of hydrogen-bond donors (Lipinski definition) is 2. The molecule has 0 bridgehead atoms. The minimum atomic E-state index is -0.528. The van der Waals surface area contributed by atoms with Crippen LogP contribution in [0.25, 0.3) is 0 Å². The fourth-order valence-electron chi connectivity index (χ4n) is 3.50. The van der Waals surface area contributed by atoms with Crippen LogP contribution in [0.4, 0.5) is 10.7 Å². The predicted molar refractivity (Wildman–Crippen MR) is 106 cm³/mol. The van der Waals surface area contributed by atoms with E-state index < -0.39 is 11.9 Å². The maximum atomic E-state index is 11.9. The highest BCUT2D eigenvalue weighted by Crippen LogP contribution is 2.28. The maximum absolute atomic E-state index is 11.9. The van der Waals surface area contributed by atoms with Crippen molar-refractivity contribution in [1.82, 2.24) is 25.4 Å². The van der Waals surface area contributed by atoms with Gasteiger partial charge in [-0.25, -0.2) is 4.79 Å². The third kappa shape index (κ3) is 5.06. The molecule has 152 valence electrons. The van der Waals surface area contributed by atoms with Crippen molar-refractivity contribution in [2.75, 3.05) is 30.8 Å². The SMILES string of the molecule is CNC(=O)NC(=O)CSc1nnc(N2C[C@@H](C)C[C@H](C)C2)n1Cc1ccco1. The highest BCUT2D eigenvalue weighted by molar-refractivity contribution is 7.99. The van der Waals surface area contributed by atoms with E-state index >= 15 is 0 Å². The van der Waals surface area contributed by atoms with Crippen molar-refractivity contribution in [1.29, 1.82) is 0 Å². The van der Waals surface area contributed by atoms with Crippen LogP contribution in [0.1, 0.15) is 26.0 Å². The number of nitrogens with one attached hydrogen (secondary N) is 2. The lowest BCUT2D eigenvalue weighted by Gasteiger charge is -2.35. The van der Waals surface area contributed by atoms with E-state index in [0.29, 0.717) is 23.5 Å². The van der Waals surface area contributed by atoms with Crippen LogP contribution >= 0.6 is 11.8 Å². The van der Waals surface area contributed by atoms with Crippen LogP contribution in [0, 0.1) is 11.8 Å². The molecule has 2 aromatic heterocycles. The van der Waals surface area contributed by atoms with E-state index in [1.54, 1.807) is 6.26 Å². The molecule has 3 heterocycles. The summed E-state index contributed by atoms with van der Waals surface area (Å²) in [4.78, 5) is 25.5. The molecule has 0 aliphatic carbocycles. The molecular formula is C18H26N6O3S. The monoisotopic (exact) mass is 406 g/mol. The number of hydrogen-bond acceptors (Lipinski definition) is 7.